The van der Waals surface area contributed by atoms with Crippen molar-refractivity contribution < 1.29 is 19.7 Å². The summed E-state index contributed by atoms with van der Waals surface area (Å²) in [5, 5.41) is 20.1. The standard InChI is InChI=1S/C14H30N4O4/c1-2-6(15)10-4-3-7(16)14(21-10)22-13-9(18)5-8(17)11(19)12(13)20/h6-14,19-20H,2-5,15-18H2,1H3/t6-,7-,8+,9-,10?,11-,12+,13+,14+/m0/s1. The van der Waals surface area contributed by atoms with Crippen molar-refractivity contribution in [2.75, 3.05) is 0 Å². The summed E-state index contributed by atoms with van der Waals surface area (Å²) >= 11 is 0. The van der Waals surface area contributed by atoms with E-state index in [2.05, 4.69) is 0 Å². The third-order valence-corrected chi connectivity index (χ3v) is 4.77. The van der Waals surface area contributed by atoms with Crippen LogP contribution in [0.3, 0.4) is 0 Å². The van der Waals surface area contributed by atoms with E-state index in [9.17, 15) is 10.2 Å². The lowest BCUT2D eigenvalue weighted by Crippen LogP contribution is -2.64. The molecule has 9 atom stereocenters. The third-order valence-electron chi connectivity index (χ3n) is 4.77. The van der Waals surface area contributed by atoms with Crippen molar-refractivity contribution in [3.8, 4) is 0 Å². The van der Waals surface area contributed by atoms with Crippen molar-refractivity contribution in [2.24, 2.45) is 22.9 Å². The van der Waals surface area contributed by atoms with Crippen LogP contribution in [0.1, 0.15) is 32.6 Å². The summed E-state index contributed by atoms with van der Waals surface area (Å²) in [5.74, 6) is 0. The fourth-order valence-corrected chi connectivity index (χ4v) is 3.17. The molecule has 0 bridgehead atoms. The quantitative estimate of drug-likeness (QED) is 0.337. The Balaban J connectivity index is 2.01. The normalized spacial score (nSPS) is 48.1. The van der Waals surface area contributed by atoms with Crippen LogP contribution in [0, 0.1) is 0 Å². The van der Waals surface area contributed by atoms with Gasteiger partial charge in [0.05, 0.1) is 18.2 Å². The minimum Gasteiger partial charge on any atom is -0.389 e. The van der Waals surface area contributed by atoms with Crippen molar-refractivity contribution in [2.45, 2.75) is 87.5 Å². The van der Waals surface area contributed by atoms with Crippen molar-refractivity contribution >= 4 is 0 Å². The van der Waals surface area contributed by atoms with Crippen LogP contribution in [0.5, 0.6) is 0 Å². The molecule has 0 aromatic rings. The average molecular weight is 318 g/mol. The first-order valence-corrected chi connectivity index (χ1v) is 8.04. The first-order chi connectivity index (χ1) is 10.3. The number of hydrogen-bond acceptors (Lipinski definition) is 8. The molecule has 10 N–H and O–H groups in total. The van der Waals surface area contributed by atoms with E-state index in [4.69, 9.17) is 32.4 Å². The monoisotopic (exact) mass is 318 g/mol. The van der Waals surface area contributed by atoms with Crippen molar-refractivity contribution in [3.63, 3.8) is 0 Å². The molecule has 0 aromatic carbocycles. The highest BCUT2D eigenvalue weighted by Crippen LogP contribution is 2.27. The Labute approximate surface area is 131 Å². The molecule has 0 spiro atoms. The van der Waals surface area contributed by atoms with Crippen LogP contribution in [-0.4, -0.2) is 65.1 Å². The Morgan fingerprint density at radius 2 is 1.77 bits per heavy atom. The van der Waals surface area contributed by atoms with Crippen LogP contribution in [0.2, 0.25) is 0 Å². The van der Waals surface area contributed by atoms with Crippen molar-refractivity contribution in [1.82, 2.24) is 0 Å². The predicted octanol–water partition coefficient (Wildman–Crippen LogP) is -2.28. The maximum Gasteiger partial charge on any atom is 0.173 e. The van der Waals surface area contributed by atoms with Crippen LogP contribution in [0.25, 0.3) is 0 Å². The van der Waals surface area contributed by atoms with Gasteiger partial charge < -0.3 is 42.6 Å². The summed E-state index contributed by atoms with van der Waals surface area (Å²) in [6.07, 6.45) is -1.14. The van der Waals surface area contributed by atoms with Gasteiger partial charge in [-0.05, 0) is 25.7 Å². The smallest absolute Gasteiger partial charge is 0.173 e. The summed E-state index contributed by atoms with van der Waals surface area (Å²) < 4.78 is 11.7. The first-order valence-electron chi connectivity index (χ1n) is 8.04. The molecular weight excluding hydrogens is 288 g/mol. The Morgan fingerprint density at radius 3 is 2.41 bits per heavy atom. The molecule has 0 aromatic heterocycles. The van der Waals surface area contributed by atoms with Crippen LogP contribution >= 0.6 is 0 Å². The van der Waals surface area contributed by atoms with Crippen molar-refractivity contribution in [3.05, 3.63) is 0 Å². The van der Waals surface area contributed by atoms with E-state index in [1.165, 1.54) is 0 Å². The zero-order valence-electron chi connectivity index (χ0n) is 13.0. The largest absolute Gasteiger partial charge is 0.389 e. The number of rotatable bonds is 4. The molecule has 2 aliphatic rings. The Bertz CT molecular complexity index is 362. The summed E-state index contributed by atoms with van der Waals surface area (Å²) in [6, 6.07) is -1.44. The van der Waals surface area contributed by atoms with E-state index in [1.54, 1.807) is 0 Å². The number of aliphatic hydroxyl groups excluding tert-OH is 2. The van der Waals surface area contributed by atoms with Gasteiger partial charge in [-0.15, -0.1) is 0 Å². The summed E-state index contributed by atoms with van der Waals surface area (Å²) in [6.45, 7) is 2.00. The molecule has 8 nitrogen and oxygen atoms in total. The maximum absolute atomic E-state index is 10.2. The van der Waals surface area contributed by atoms with E-state index in [0.717, 1.165) is 19.3 Å². The minimum absolute atomic E-state index is 0.0810. The Morgan fingerprint density at radius 1 is 1.09 bits per heavy atom. The fourth-order valence-electron chi connectivity index (χ4n) is 3.17. The lowest BCUT2D eigenvalue weighted by molar-refractivity contribution is -0.256. The van der Waals surface area contributed by atoms with Gasteiger partial charge in [-0.3, -0.25) is 0 Å². The summed E-state index contributed by atoms with van der Waals surface area (Å²) in [4.78, 5) is 0. The molecule has 1 aliphatic carbocycles. The molecule has 22 heavy (non-hydrogen) atoms. The number of ether oxygens (including phenoxy) is 2. The second kappa shape index (κ2) is 7.50. The van der Waals surface area contributed by atoms with Gasteiger partial charge in [-0.2, -0.15) is 0 Å². The number of aliphatic hydroxyl groups is 2. The molecule has 2 fully saturated rings. The van der Waals surface area contributed by atoms with E-state index >= 15 is 0 Å². The highest BCUT2D eigenvalue weighted by molar-refractivity contribution is 4.98. The van der Waals surface area contributed by atoms with Crippen molar-refractivity contribution in [1.29, 1.82) is 0 Å². The van der Waals surface area contributed by atoms with E-state index in [-0.39, 0.29) is 18.2 Å². The molecule has 130 valence electrons. The van der Waals surface area contributed by atoms with Crippen LogP contribution < -0.4 is 22.9 Å². The molecule has 1 heterocycles. The molecular formula is C14H30N4O4. The van der Waals surface area contributed by atoms with Gasteiger partial charge in [-0.25, -0.2) is 0 Å². The van der Waals surface area contributed by atoms with Gasteiger partial charge in [0.1, 0.15) is 12.2 Å². The highest BCUT2D eigenvalue weighted by atomic mass is 16.7. The minimum atomic E-state index is -1.16. The Hall–Kier alpha value is -0.320. The van der Waals surface area contributed by atoms with Gasteiger partial charge in [0, 0.05) is 18.1 Å². The molecule has 1 saturated carbocycles. The summed E-state index contributed by atoms with van der Waals surface area (Å²) in [7, 11) is 0. The lowest BCUT2D eigenvalue weighted by atomic mass is 9.84. The second-order valence-electron chi connectivity index (χ2n) is 6.50. The third kappa shape index (κ3) is 3.77. The maximum atomic E-state index is 10.2. The number of hydrogen-bond donors (Lipinski definition) is 6. The number of nitrogens with two attached hydrogens (primary N) is 4. The topological polar surface area (TPSA) is 163 Å². The molecule has 0 amide bonds. The zero-order valence-corrected chi connectivity index (χ0v) is 13.0. The van der Waals surface area contributed by atoms with Gasteiger partial charge in [0.15, 0.2) is 6.29 Å². The lowest BCUT2D eigenvalue weighted by Gasteiger charge is -2.44. The average Bonchev–Trinajstić information content (AvgIpc) is 2.50. The molecule has 2 rings (SSSR count). The SMILES string of the molecule is CC[C@H](N)C1CC[C@H](N)[C@@H](O[C@H]2[C@H](O)[C@@H](O)[C@H](N)C[C@@H]2N)O1. The molecule has 0 radical (unpaired) electrons. The van der Waals surface area contributed by atoms with Crippen LogP contribution in [0.4, 0.5) is 0 Å². The van der Waals surface area contributed by atoms with Gasteiger partial charge in [0.25, 0.3) is 0 Å². The van der Waals surface area contributed by atoms with Gasteiger partial charge in [-0.1, -0.05) is 6.92 Å². The molecule has 1 unspecified atom stereocenters. The van der Waals surface area contributed by atoms with E-state index < -0.39 is 36.7 Å². The van der Waals surface area contributed by atoms with Crippen LogP contribution in [0.15, 0.2) is 0 Å². The van der Waals surface area contributed by atoms with Crippen LogP contribution in [-0.2, 0) is 9.47 Å². The molecule has 8 heteroatoms. The highest BCUT2D eigenvalue weighted by Gasteiger charge is 2.44. The molecule has 1 aliphatic heterocycles. The zero-order chi connectivity index (χ0) is 16.4. The van der Waals surface area contributed by atoms with E-state index in [1.807, 2.05) is 6.92 Å². The van der Waals surface area contributed by atoms with E-state index in [0.29, 0.717) is 6.42 Å². The predicted molar refractivity (Wildman–Crippen MR) is 81.6 cm³/mol. The summed E-state index contributed by atoms with van der Waals surface area (Å²) in [5.41, 5.74) is 23.8. The molecule has 1 saturated heterocycles. The Kier molecular flexibility index (Phi) is 6.14. The first kappa shape index (κ1) is 18.0. The van der Waals surface area contributed by atoms with Gasteiger partial charge >= 0.3 is 0 Å². The fraction of sp³-hybridized carbons (Fsp3) is 1.00. The second-order valence-corrected chi connectivity index (χ2v) is 6.50. The van der Waals surface area contributed by atoms with Gasteiger partial charge in [0.2, 0.25) is 0 Å².